The van der Waals surface area contributed by atoms with Crippen molar-refractivity contribution >= 4 is 10.0 Å². The lowest BCUT2D eigenvalue weighted by atomic mass is 10.1. The molecule has 0 atom stereocenters. The van der Waals surface area contributed by atoms with Crippen molar-refractivity contribution in [2.24, 2.45) is 0 Å². The smallest absolute Gasteiger partial charge is 0.214 e. The average molecular weight is 263 g/mol. The van der Waals surface area contributed by atoms with E-state index in [2.05, 4.69) is 10.0 Å². The van der Waals surface area contributed by atoms with Gasteiger partial charge in [0.15, 0.2) is 0 Å². The van der Waals surface area contributed by atoms with Crippen LogP contribution in [0.3, 0.4) is 0 Å². The van der Waals surface area contributed by atoms with Gasteiger partial charge in [0.2, 0.25) is 10.0 Å². The lowest BCUT2D eigenvalue weighted by Crippen LogP contribution is -2.50. The number of sulfonamides is 1. The highest BCUT2D eigenvalue weighted by atomic mass is 32.2. The molecule has 0 radical (unpaired) electrons. The summed E-state index contributed by atoms with van der Waals surface area (Å²) >= 11 is 0. The summed E-state index contributed by atoms with van der Waals surface area (Å²) in [7, 11) is 0.748. The molecule has 1 fully saturated rings. The summed E-state index contributed by atoms with van der Waals surface area (Å²) < 4.78 is 26.9. The number of piperidine rings is 1. The molecule has 0 bridgehead atoms. The molecule has 17 heavy (non-hydrogen) atoms. The molecule has 0 aromatic carbocycles. The molecule has 0 aliphatic carbocycles. The molecule has 1 heterocycles. The van der Waals surface area contributed by atoms with Crippen LogP contribution >= 0.6 is 0 Å². The fourth-order valence-corrected chi connectivity index (χ4v) is 3.31. The monoisotopic (exact) mass is 263 g/mol. The molecular formula is C11H25N3O2S. The standard InChI is InChI=1S/C11H25N3O2S/c1-11(2,14(3)4)9-13-17(15,16)10-5-7-12-8-6-10/h10,12-13H,5-9H2,1-4H3. The van der Waals surface area contributed by atoms with Gasteiger partial charge in [-0.2, -0.15) is 0 Å². The fourth-order valence-electron chi connectivity index (χ4n) is 1.66. The minimum Gasteiger partial charge on any atom is -0.317 e. The predicted octanol–water partition coefficient (Wildman–Crippen LogP) is -0.00200. The molecule has 0 amide bonds. The van der Waals surface area contributed by atoms with E-state index < -0.39 is 10.0 Å². The number of nitrogens with one attached hydrogen (secondary N) is 2. The molecule has 1 aliphatic heterocycles. The number of nitrogens with zero attached hydrogens (tertiary/aromatic N) is 1. The Labute approximate surface area is 105 Å². The third kappa shape index (κ3) is 4.21. The highest BCUT2D eigenvalue weighted by Crippen LogP contribution is 2.14. The first-order valence-electron chi connectivity index (χ1n) is 6.12. The normalized spacial score (nSPS) is 19.8. The Morgan fingerprint density at radius 1 is 1.29 bits per heavy atom. The van der Waals surface area contributed by atoms with Crippen LogP contribution in [-0.4, -0.2) is 57.8 Å². The van der Waals surface area contributed by atoms with Gasteiger partial charge < -0.3 is 10.2 Å². The van der Waals surface area contributed by atoms with Crippen LogP contribution in [0, 0.1) is 0 Å². The third-order valence-corrected chi connectivity index (χ3v) is 5.54. The van der Waals surface area contributed by atoms with Crippen LogP contribution in [0.2, 0.25) is 0 Å². The Morgan fingerprint density at radius 3 is 2.29 bits per heavy atom. The van der Waals surface area contributed by atoms with Crippen LogP contribution in [0.15, 0.2) is 0 Å². The summed E-state index contributed by atoms with van der Waals surface area (Å²) in [5, 5.41) is 2.94. The Morgan fingerprint density at radius 2 is 1.82 bits per heavy atom. The summed E-state index contributed by atoms with van der Waals surface area (Å²) in [4.78, 5) is 2.03. The number of hydrogen-bond acceptors (Lipinski definition) is 4. The van der Waals surface area contributed by atoms with Crippen molar-refractivity contribution in [3.8, 4) is 0 Å². The maximum Gasteiger partial charge on any atom is 0.214 e. The molecule has 0 spiro atoms. The van der Waals surface area contributed by atoms with Crippen molar-refractivity contribution < 1.29 is 8.42 Å². The SMILES string of the molecule is CN(C)C(C)(C)CNS(=O)(=O)C1CCNCC1. The van der Waals surface area contributed by atoms with Gasteiger partial charge in [-0.05, 0) is 53.9 Å². The molecule has 5 nitrogen and oxygen atoms in total. The number of likely N-dealkylation sites (N-methyl/N-ethyl adjacent to an activating group) is 1. The fraction of sp³-hybridized carbons (Fsp3) is 1.00. The van der Waals surface area contributed by atoms with Crippen LogP contribution in [-0.2, 0) is 10.0 Å². The largest absolute Gasteiger partial charge is 0.317 e. The maximum absolute atomic E-state index is 12.1. The molecule has 2 N–H and O–H groups in total. The van der Waals surface area contributed by atoms with Crippen LogP contribution in [0.5, 0.6) is 0 Å². The molecule has 0 saturated carbocycles. The molecule has 102 valence electrons. The van der Waals surface area contributed by atoms with E-state index in [0.29, 0.717) is 19.4 Å². The van der Waals surface area contributed by atoms with Crippen molar-refractivity contribution in [3.63, 3.8) is 0 Å². The molecule has 1 rings (SSSR count). The molecular weight excluding hydrogens is 238 g/mol. The molecule has 1 saturated heterocycles. The zero-order valence-electron chi connectivity index (χ0n) is 11.3. The second kappa shape index (κ2) is 5.65. The Hall–Kier alpha value is -0.170. The van der Waals surface area contributed by atoms with Gasteiger partial charge in [0.1, 0.15) is 0 Å². The molecule has 0 aromatic rings. The van der Waals surface area contributed by atoms with Gasteiger partial charge in [0.05, 0.1) is 5.25 Å². The maximum atomic E-state index is 12.1. The third-order valence-electron chi connectivity index (χ3n) is 3.64. The Kier molecular flexibility index (Phi) is 4.95. The lowest BCUT2D eigenvalue weighted by molar-refractivity contribution is 0.198. The summed E-state index contributed by atoms with van der Waals surface area (Å²) in [6.45, 7) is 6.09. The van der Waals surface area contributed by atoms with E-state index in [4.69, 9.17) is 0 Å². The summed E-state index contributed by atoms with van der Waals surface area (Å²) in [5.41, 5.74) is -0.167. The van der Waals surface area contributed by atoms with E-state index in [9.17, 15) is 8.42 Å². The Bertz CT molecular complexity index is 333. The van der Waals surface area contributed by atoms with E-state index >= 15 is 0 Å². The summed E-state index contributed by atoms with van der Waals surface area (Å²) in [5.74, 6) is 0. The van der Waals surface area contributed by atoms with E-state index in [1.807, 2.05) is 32.8 Å². The van der Waals surface area contributed by atoms with E-state index in [1.54, 1.807) is 0 Å². The molecule has 0 unspecified atom stereocenters. The van der Waals surface area contributed by atoms with Crippen LogP contribution in [0.1, 0.15) is 26.7 Å². The van der Waals surface area contributed by atoms with Crippen LogP contribution < -0.4 is 10.0 Å². The highest BCUT2D eigenvalue weighted by Gasteiger charge is 2.29. The summed E-state index contributed by atoms with van der Waals surface area (Å²) in [6.07, 6.45) is 1.41. The lowest BCUT2D eigenvalue weighted by Gasteiger charge is -2.33. The van der Waals surface area contributed by atoms with Crippen molar-refractivity contribution in [2.75, 3.05) is 33.7 Å². The average Bonchev–Trinajstić information content (AvgIpc) is 2.28. The summed E-state index contributed by atoms with van der Waals surface area (Å²) in [6, 6.07) is 0. The number of hydrogen-bond donors (Lipinski definition) is 2. The van der Waals surface area contributed by atoms with Crippen molar-refractivity contribution in [1.29, 1.82) is 0 Å². The van der Waals surface area contributed by atoms with E-state index in [-0.39, 0.29) is 10.8 Å². The zero-order chi connectivity index (χ0) is 13.1. The van der Waals surface area contributed by atoms with Gasteiger partial charge in [0.25, 0.3) is 0 Å². The second-order valence-corrected chi connectivity index (χ2v) is 7.57. The van der Waals surface area contributed by atoms with Crippen molar-refractivity contribution in [1.82, 2.24) is 14.9 Å². The van der Waals surface area contributed by atoms with Gasteiger partial charge in [-0.15, -0.1) is 0 Å². The van der Waals surface area contributed by atoms with Crippen LogP contribution in [0.25, 0.3) is 0 Å². The topological polar surface area (TPSA) is 61.4 Å². The van der Waals surface area contributed by atoms with E-state index in [1.165, 1.54) is 0 Å². The van der Waals surface area contributed by atoms with Crippen molar-refractivity contribution in [3.05, 3.63) is 0 Å². The van der Waals surface area contributed by atoms with Gasteiger partial charge in [-0.1, -0.05) is 0 Å². The number of rotatable bonds is 5. The van der Waals surface area contributed by atoms with Crippen molar-refractivity contribution in [2.45, 2.75) is 37.5 Å². The van der Waals surface area contributed by atoms with Gasteiger partial charge in [-0.3, -0.25) is 0 Å². The molecule has 0 aromatic heterocycles. The van der Waals surface area contributed by atoms with Gasteiger partial charge in [-0.25, -0.2) is 13.1 Å². The minimum atomic E-state index is -3.17. The quantitative estimate of drug-likeness (QED) is 0.733. The minimum absolute atomic E-state index is 0.167. The van der Waals surface area contributed by atoms with E-state index in [0.717, 1.165) is 13.1 Å². The first-order valence-corrected chi connectivity index (χ1v) is 7.67. The highest BCUT2D eigenvalue weighted by molar-refractivity contribution is 7.90. The molecule has 1 aliphatic rings. The predicted molar refractivity (Wildman–Crippen MR) is 70.6 cm³/mol. The Balaban J connectivity index is 2.55. The zero-order valence-corrected chi connectivity index (χ0v) is 12.1. The van der Waals surface area contributed by atoms with Gasteiger partial charge in [0, 0.05) is 12.1 Å². The molecule has 6 heteroatoms. The van der Waals surface area contributed by atoms with Gasteiger partial charge >= 0.3 is 0 Å². The first-order chi connectivity index (χ1) is 7.76. The first kappa shape index (κ1) is 14.9. The van der Waals surface area contributed by atoms with Crippen LogP contribution in [0.4, 0.5) is 0 Å². The second-order valence-electron chi connectivity index (χ2n) is 5.52.